The van der Waals surface area contributed by atoms with Crippen molar-refractivity contribution in [1.29, 1.82) is 0 Å². The van der Waals surface area contributed by atoms with E-state index in [1.54, 1.807) is 6.07 Å². The molecule has 20 heavy (non-hydrogen) atoms. The van der Waals surface area contributed by atoms with Crippen LogP contribution < -0.4 is 4.90 Å². The number of hydrogen-bond donors (Lipinski definition) is 0. The molecular formula is C17H25FN2. The predicted molar refractivity (Wildman–Crippen MR) is 82.0 cm³/mol. The third-order valence-corrected chi connectivity index (χ3v) is 4.86. The minimum atomic E-state index is -0.0340. The zero-order valence-electron chi connectivity index (χ0n) is 13.0. The van der Waals surface area contributed by atoms with Crippen molar-refractivity contribution < 1.29 is 4.39 Å². The van der Waals surface area contributed by atoms with E-state index in [4.69, 9.17) is 0 Å². The van der Waals surface area contributed by atoms with E-state index in [-0.39, 0.29) is 11.7 Å². The van der Waals surface area contributed by atoms with Crippen LogP contribution in [0.5, 0.6) is 0 Å². The van der Waals surface area contributed by atoms with E-state index >= 15 is 0 Å². The normalized spacial score (nSPS) is 26.6. The number of likely N-dealkylation sites (tertiary alicyclic amines) is 1. The van der Waals surface area contributed by atoms with Gasteiger partial charge in [0.15, 0.2) is 0 Å². The Morgan fingerprint density at radius 1 is 1.15 bits per heavy atom. The van der Waals surface area contributed by atoms with Gasteiger partial charge in [0.1, 0.15) is 5.82 Å². The van der Waals surface area contributed by atoms with Crippen molar-refractivity contribution in [3.05, 3.63) is 29.1 Å². The quantitative estimate of drug-likeness (QED) is 0.815. The summed E-state index contributed by atoms with van der Waals surface area (Å²) in [7, 11) is 2.19. The Morgan fingerprint density at radius 2 is 1.75 bits per heavy atom. The molecule has 0 amide bonds. The van der Waals surface area contributed by atoms with Crippen LogP contribution in [0.4, 0.5) is 10.1 Å². The summed E-state index contributed by atoms with van der Waals surface area (Å²) in [6, 6.07) is 5.07. The second-order valence-corrected chi connectivity index (χ2v) is 6.83. The first-order chi connectivity index (χ1) is 9.47. The van der Waals surface area contributed by atoms with Crippen molar-refractivity contribution in [3.8, 4) is 0 Å². The molecule has 110 valence electrons. The third-order valence-electron chi connectivity index (χ3n) is 4.86. The van der Waals surface area contributed by atoms with E-state index in [1.807, 2.05) is 6.92 Å². The lowest BCUT2D eigenvalue weighted by Gasteiger charge is -2.41. The zero-order chi connectivity index (χ0) is 14.4. The molecule has 0 saturated carbocycles. The number of halogens is 1. The Kier molecular flexibility index (Phi) is 3.49. The average Bonchev–Trinajstić information content (AvgIpc) is 2.60. The summed E-state index contributed by atoms with van der Waals surface area (Å²) >= 11 is 0. The molecule has 2 saturated heterocycles. The van der Waals surface area contributed by atoms with Gasteiger partial charge >= 0.3 is 0 Å². The molecule has 2 aliphatic rings. The van der Waals surface area contributed by atoms with Gasteiger partial charge < -0.3 is 9.80 Å². The van der Waals surface area contributed by atoms with Crippen molar-refractivity contribution in [1.82, 2.24) is 4.90 Å². The first-order valence-corrected chi connectivity index (χ1v) is 7.74. The number of anilines is 1. The maximum Gasteiger partial charge on any atom is 0.128 e. The standard InChI is InChI=1S/C17H25FN2/c1-11(2)17-12(3)7-15(8-16(17)18)20-13-5-6-14(20)10-19(4)9-13/h7-8,11,13-14H,5-6,9-10H2,1-4H3. The van der Waals surface area contributed by atoms with Crippen LogP contribution in [0.1, 0.15) is 43.7 Å². The Bertz CT molecular complexity index is 475. The summed E-state index contributed by atoms with van der Waals surface area (Å²) in [6.45, 7) is 8.36. The maximum atomic E-state index is 14.4. The molecule has 2 nitrogen and oxygen atoms in total. The number of piperazine rings is 1. The summed E-state index contributed by atoms with van der Waals surface area (Å²) < 4.78 is 14.4. The molecule has 2 atom stereocenters. The molecular weight excluding hydrogens is 251 g/mol. The molecule has 3 rings (SSSR count). The van der Waals surface area contributed by atoms with Crippen LogP contribution in [-0.4, -0.2) is 37.1 Å². The Balaban J connectivity index is 1.96. The highest BCUT2D eigenvalue weighted by Crippen LogP contribution is 2.37. The molecule has 0 radical (unpaired) electrons. The summed E-state index contributed by atoms with van der Waals surface area (Å²) in [4.78, 5) is 4.88. The highest BCUT2D eigenvalue weighted by molar-refractivity contribution is 5.55. The van der Waals surface area contributed by atoms with Crippen LogP contribution >= 0.6 is 0 Å². The minimum absolute atomic E-state index is 0.0340. The average molecular weight is 276 g/mol. The molecule has 1 aromatic carbocycles. The van der Waals surface area contributed by atoms with Gasteiger partial charge in [-0.15, -0.1) is 0 Å². The number of fused-ring (bicyclic) bond motifs is 2. The molecule has 0 aliphatic carbocycles. The number of benzene rings is 1. The number of rotatable bonds is 2. The number of likely N-dealkylation sites (N-methyl/N-ethyl adjacent to an activating group) is 1. The SMILES string of the molecule is Cc1cc(N2C3CCC2CN(C)C3)cc(F)c1C(C)C. The first kappa shape index (κ1) is 13.9. The van der Waals surface area contributed by atoms with Crippen molar-refractivity contribution in [3.63, 3.8) is 0 Å². The summed E-state index contributed by atoms with van der Waals surface area (Å²) in [6.07, 6.45) is 2.48. The highest BCUT2D eigenvalue weighted by atomic mass is 19.1. The molecule has 2 fully saturated rings. The minimum Gasteiger partial charge on any atom is -0.363 e. The van der Waals surface area contributed by atoms with Crippen molar-refractivity contribution in [2.24, 2.45) is 0 Å². The summed E-state index contributed by atoms with van der Waals surface area (Å²) in [5.41, 5.74) is 3.05. The zero-order valence-corrected chi connectivity index (χ0v) is 13.0. The number of nitrogens with zero attached hydrogens (tertiary/aromatic N) is 2. The van der Waals surface area contributed by atoms with E-state index in [2.05, 4.69) is 36.8 Å². The van der Waals surface area contributed by atoms with E-state index in [0.29, 0.717) is 12.1 Å². The van der Waals surface area contributed by atoms with E-state index in [0.717, 1.165) is 29.9 Å². The predicted octanol–water partition coefficient (Wildman–Crippen LogP) is 3.54. The smallest absolute Gasteiger partial charge is 0.128 e. The van der Waals surface area contributed by atoms with Gasteiger partial charge in [0.25, 0.3) is 0 Å². The summed E-state index contributed by atoms with van der Waals surface area (Å²) in [5.74, 6) is 0.210. The lowest BCUT2D eigenvalue weighted by molar-refractivity contribution is 0.264. The summed E-state index contributed by atoms with van der Waals surface area (Å²) in [5, 5.41) is 0. The lowest BCUT2D eigenvalue weighted by Crippen LogP contribution is -2.52. The van der Waals surface area contributed by atoms with E-state index in [1.165, 1.54) is 12.8 Å². The molecule has 2 aliphatic heterocycles. The fraction of sp³-hybridized carbons (Fsp3) is 0.647. The van der Waals surface area contributed by atoms with Gasteiger partial charge in [-0.2, -0.15) is 0 Å². The molecule has 0 aromatic heterocycles. The van der Waals surface area contributed by atoms with Gasteiger partial charge in [0, 0.05) is 30.9 Å². The number of aryl methyl sites for hydroxylation is 1. The number of hydrogen-bond acceptors (Lipinski definition) is 2. The Labute approximate surface area is 121 Å². The molecule has 0 N–H and O–H groups in total. The van der Waals surface area contributed by atoms with Crippen LogP contribution in [0.25, 0.3) is 0 Å². The molecule has 0 spiro atoms. The molecule has 2 unspecified atom stereocenters. The van der Waals surface area contributed by atoms with Crippen LogP contribution in [-0.2, 0) is 0 Å². The highest BCUT2D eigenvalue weighted by Gasteiger charge is 2.39. The fourth-order valence-corrected chi connectivity index (χ4v) is 4.15. The maximum absolute atomic E-state index is 14.4. The molecule has 1 aromatic rings. The van der Waals surface area contributed by atoms with Gasteiger partial charge in [0.2, 0.25) is 0 Å². The topological polar surface area (TPSA) is 6.48 Å². The van der Waals surface area contributed by atoms with Gasteiger partial charge in [-0.3, -0.25) is 0 Å². The van der Waals surface area contributed by atoms with E-state index in [9.17, 15) is 4.39 Å². The Hall–Kier alpha value is -1.09. The van der Waals surface area contributed by atoms with Gasteiger partial charge in [-0.25, -0.2) is 4.39 Å². The van der Waals surface area contributed by atoms with Crippen LogP contribution in [0.15, 0.2) is 12.1 Å². The van der Waals surface area contributed by atoms with Crippen molar-refractivity contribution >= 4 is 5.69 Å². The fourth-order valence-electron chi connectivity index (χ4n) is 4.15. The van der Waals surface area contributed by atoms with Crippen LogP contribution in [0.2, 0.25) is 0 Å². The lowest BCUT2D eigenvalue weighted by atomic mass is 9.96. The molecule has 3 heteroatoms. The second kappa shape index (κ2) is 5.03. The first-order valence-electron chi connectivity index (χ1n) is 7.74. The van der Waals surface area contributed by atoms with E-state index < -0.39 is 0 Å². The van der Waals surface area contributed by atoms with Gasteiger partial charge in [0.05, 0.1) is 0 Å². The third kappa shape index (κ3) is 2.22. The Morgan fingerprint density at radius 3 is 2.25 bits per heavy atom. The van der Waals surface area contributed by atoms with Gasteiger partial charge in [-0.1, -0.05) is 13.8 Å². The molecule has 2 heterocycles. The van der Waals surface area contributed by atoms with Crippen molar-refractivity contribution in [2.45, 2.75) is 51.6 Å². The van der Waals surface area contributed by atoms with Crippen molar-refractivity contribution in [2.75, 3.05) is 25.0 Å². The van der Waals surface area contributed by atoms with Crippen LogP contribution in [0.3, 0.4) is 0 Å². The molecule has 2 bridgehead atoms. The monoisotopic (exact) mass is 276 g/mol. The van der Waals surface area contributed by atoms with Gasteiger partial charge in [-0.05, 0) is 56.0 Å². The second-order valence-electron chi connectivity index (χ2n) is 6.83. The van der Waals surface area contributed by atoms with Crippen LogP contribution in [0, 0.1) is 12.7 Å². The largest absolute Gasteiger partial charge is 0.363 e.